The predicted octanol–water partition coefficient (Wildman–Crippen LogP) is 2.80. The lowest BCUT2D eigenvalue weighted by Gasteiger charge is -2.35. The number of fused-ring (bicyclic) bond motifs is 2. The van der Waals surface area contributed by atoms with Crippen molar-refractivity contribution in [3.05, 3.63) is 34.3 Å². The van der Waals surface area contributed by atoms with Gasteiger partial charge in [-0.05, 0) is 43.9 Å². The molecule has 2 aliphatic rings. The summed E-state index contributed by atoms with van der Waals surface area (Å²) in [6, 6.07) is 9.25. The highest BCUT2D eigenvalue weighted by molar-refractivity contribution is 9.10. The lowest BCUT2D eigenvalue weighted by Crippen LogP contribution is -2.48. The van der Waals surface area contributed by atoms with E-state index in [-0.39, 0.29) is 5.91 Å². The Morgan fingerprint density at radius 3 is 2.63 bits per heavy atom. The first-order valence-electron chi connectivity index (χ1n) is 6.92. The zero-order valence-electron chi connectivity index (χ0n) is 11.1. The molecule has 1 amide bonds. The number of halogens is 1. The quantitative estimate of drug-likeness (QED) is 0.908. The molecule has 0 spiro atoms. The fourth-order valence-corrected chi connectivity index (χ4v) is 3.73. The van der Waals surface area contributed by atoms with E-state index < -0.39 is 0 Å². The van der Waals surface area contributed by atoms with Crippen molar-refractivity contribution >= 4 is 21.8 Å². The molecule has 0 aliphatic carbocycles. The molecule has 19 heavy (non-hydrogen) atoms. The van der Waals surface area contributed by atoms with E-state index in [0.29, 0.717) is 18.1 Å². The zero-order chi connectivity index (χ0) is 13.4. The average Bonchev–Trinajstić information content (AvgIpc) is 2.76. The Labute approximate surface area is 122 Å². The van der Waals surface area contributed by atoms with E-state index in [1.165, 1.54) is 12.8 Å². The van der Waals surface area contributed by atoms with Gasteiger partial charge in [0.15, 0.2) is 0 Å². The fourth-order valence-electron chi connectivity index (χ4n) is 3.33. The minimum atomic E-state index is 0.132. The van der Waals surface area contributed by atoms with Gasteiger partial charge in [0.25, 0.3) is 5.91 Å². The van der Waals surface area contributed by atoms with Crippen LogP contribution >= 0.6 is 15.9 Å². The first-order chi connectivity index (χ1) is 9.13. The molecule has 3 rings (SSSR count). The van der Waals surface area contributed by atoms with Crippen LogP contribution in [0.3, 0.4) is 0 Å². The van der Waals surface area contributed by atoms with Gasteiger partial charge < -0.3 is 10.2 Å². The smallest absolute Gasteiger partial charge is 0.253 e. The standard InChI is InChI=1S/C15H19BrN2O/c1-18(14-8-12-5-6-13(9-14)17-12)15(19)10-3-2-4-11(16)7-10/h2-4,7,12-14,17H,5-6,8-9H2,1H3. The molecular weight excluding hydrogens is 304 g/mol. The van der Waals surface area contributed by atoms with Crippen molar-refractivity contribution in [1.29, 1.82) is 0 Å². The van der Waals surface area contributed by atoms with Gasteiger partial charge in [-0.25, -0.2) is 0 Å². The van der Waals surface area contributed by atoms with E-state index in [9.17, 15) is 4.79 Å². The molecule has 1 N–H and O–H groups in total. The van der Waals surface area contributed by atoms with Gasteiger partial charge in [-0.15, -0.1) is 0 Å². The summed E-state index contributed by atoms with van der Waals surface area (Å²) in [5.74, 6) is 0.132. The summed E-state index contributed by atoms with van der Waals surface area (Å²) < 4.78 is 0.956. The SMILES string of the molecule is CN(C(=O)c1cccc(Br)c1)C1CC2CCC(C1)N2. The number of hydrogen-bond donors (Lipinski definition) is 1. The predicted molar refractivity (Wildman–Crippen MR) is 79.2 cm³/mol. The monoisotopic (exact) mass is 322 g/mol. The third kappa shape index (κ3) is 2.70. The fraction of sp³-hybridized carbons (Fsp3) is 0.533. The van der Waals surface area contributed by atoms with Gasteiger partial charge in [0.05, 0.1) is 0 Å². The van der Waals surface area contributed by atoms with Gasteiger partial charge in [0.1, 0.15) is 0 Å². The van der Waals surface area contributed by atoms with Gasteiger partial charge in [0, 0.05) is 35.2 Å². The summed E-state index contributed by atoms with van der Waals surface area (Å²) in [6.45, 7) is 0. The van der Waals surface area contributed by atoms with Crippen molar-refractivity contribution in [2.45, 2.75) is 43.8 Å². The molecule has 0 radical (unpaired) electrons. The second-order valence-corrected chi connectivity index (χ2v) is 6.61. The molecule has 102 valence electrons. The molecule has 2 atom stereocenters. The van der Waals surface area contributed by atoms with Crippen LogP contribution in [0.4, 0.5) is 0 Å². The minimum Gasteiger partial charge on any atom is -0.339 e. The highest BCUT2D eigenvalue weighted by Gasteiger charge is 2.36. The van der Waals surface area contributed by atoms with E-state index in [1.54, 1.807) is 0 Å². The van der Waals surface area contributed by atoms with Crippen molar-refractivity contribution in [3.8, 4) is 0 Å². The van der Waals surface area contributed by atoms with Gasteiger partial charge >= 0.3 is 0 Å². The lowest BCUT2D eigenvalue weighted by atomic mass is 9.98. The summed E-state index contributed by atoms with van der Waals surface area (Å²) in [6.07, 6.45) is 4.71. The topological polar surface area (TPSA) is 32.3 Å². The van der Waals surface area contributed by atoms with Crippen LogP contribution in [-0.2, 0) is 0 Å². The Morgan fingerprint density at radius 1 is 1.32 bits per heavy atom. The van der Waals surface area contributed by atoms with E-state index in [1.807, 2.05) is 36.2 Å². The maximum Gasteiger partial charge on any atom is 0.253 e. The summed E-state index contributed by atoms with van der Waals surface area (Å²) >= 11 is 3.42. The van der Waals surface area contributed by atoms with Crippen molar-refractivity contribution in [2.75, 3.05) is 7.05 Å². The molecule has 0 aromatic heterocycles. The van der Waals surface area contributed by atoms with Crippen LogP contribution < -0.4 is 5.32 Å². The van der Waals surface area contributed by atoms with Crippen LogP contribution in [-0.4, -0.2) is 36.0 Å². The number of benzene rings is 1. The molecule has 2 saturated heterocycles. The lowest BCUT2D eigenvalue weighted by molar-refractivity contribution is 0.0681. The summed E-state index contributed by atoms with van der Waals surface area (Å²) in [4.78, 5) is 14.5. The Kier molecular flexibility index (Phi) is 3.63. The minimum absolute atomic E-state index is 0.132. The number of hydrogen-bond acceptors (Lipinski definition) is 2. The summed E-state index contributed by atoms with van der Waals surface area (Å²) in [5.41, 5.74) is 0.766. The first-order valence-corrected chi connectivity index (χ1v) is 7.71. The van der Waals surface area contributed by atoms with Crippen LogP contribution in [0.15, 0.2) is 28.7 Å². The number of piperidine rings is 1. The van der Waals surface area contributed by atoms with Gasteiger partial charge in [-0.1, -0.05) is 22.0 Å². The zero-order valence-corrected chi connectivity index (χ0v) is 12.7. The van der Waals surface area contributed by atoms with Crippen LogP contribution in [0, 0.1) is 0 Å². The normalized spacial score (nSPS) is 29.3. The van der Waals surface area contributed by atoms with E-state index in [4.69, 9.17) is 0 Å². The van der Waals surface area contributed by atoms with Crippen molar-refractivity contribution < 1.29 is 4.79 Å². The molecule has 0 saturated carbocycles. The molecule has 3 nitrogen and oxygen atoms in total. The molecule has 1 aromatic rings. The number of nitrogens with one attached hydrogen (secondary N) is 1. The molecule has 2 bridgehead atoms. The number of carbonyl (C=O) groups excluding carboxylic acids is 1. The highest BCUT2D eigenvalue weighted by atomic mass is 79.9. The summed E-state index contributed by atoms with van der Waals surface area (Å²) in [7, 11) is 1.94. The second kappa shape index (κ2) is 5.25. The number of carbonyl (C=O) groups is 1. The summed E-state index contributed by atoms with van der Waals surface area (Å²) in [5, 5.41) is 3.62. The molecule has 2 heterocycles. The van der Waals surface area contributed by atoms with E-state index in [0.717, 1.165) is 22.9 Å². The Bertz CT molecular complexity index is 479. The molecule has 2 fully saturated rings. The third-order valence-electron chi connectivity index (χ3n) is 4.39. The Morgan fingerprint density at radius 2 is 2.00 bits per heavy atom. The second-order valence-electron chi connectivity index (χ2n) is 5.69. The van der Waals surface area contributed by atoms with E-state index >= 15 is 0 Å². The average molecular weight is 323 g/mol. The maximum absolute atomic E-state index is 12.5. The van der Waals surface area contributed by atoms with Crippen LogP contribution in [0.5, 0.6) is 0 Å². The van der Waals surface area contributed by atoms with Crippen LogP contribution in [0.2, 0.25) is 0 Å². The van der Waals surface area contributed by atoms with Crippen molar-refractivity contribution in [3.63, 3.8) is 0 Å². The molecule has 4 heteroatoms. The van der Waals surface area contributed by atoms with Gasteiger partial charge in [-0.3, -0.25) is 4.79 Å². The van der Waals surface area contributed by atoms with E-state index in [2.05, 4.69) is 21.2 Å². The Balaban J connectivity index is 1.73. The number of amides is 1. The molecule has 2 aliphatic heterocycles. The highest BCUT2D eigenvalue weighted by Crippen LogP contribution is 2.30. The van der Waals surface area contributed by atoms with Crippen LogP contribution in [0.1, 0.15) is 36.0 Å². The number of rotatable bonds is 2. The largest absolute Gasteiger partial charge is 0.339 e. The first kappa shape index (κ1) is 13.1. The molecule has 1 aromatic carbocycles. The number of nitrogens with zero attached hydrogens (tertiary/aromatic N) is 1. The van der Waals surface area contributed by atoms with Gasteiger partial charge in [-0.2, -0.15) is 0 Å². The Hall–Kier alpha value is -0.870. The molecule has 2 unspecified atom stereocenters. The third-order valence-corrected chi connectivity index (χ3v) is 4.88. The van der Waals surface area contributed by atoms with Crippen molar-refractivity contribution in [1.82, 2.24) is 10.2 Å². The molecular formula is C15H19BrN2O. The maximum atomic E-state index is 12.5. The van der Waals surface area contributed by atoms with Crippen LogP contribution in [0.25, 0.3) is 0 Å². The van der Waals surface area contributed by atoms with Gasteiger partial charge in [0.2, 0.25) is 0 Å². The van der Waals surface area contributed by atoms with Crippen molar-refractivity contribution in [2.24, 2.45) is 0 Å².